The highest BCUT2D eigenvalue weighted by molar-refractivity contribution is 5.56. The zero-order valence-electron chi connectivity index (χ0n) is 14.8. The van der Waals surface area contributed by atoms with Gasteiger partial charge in [-0.1, -0.05) is 36.4 Å². The second-order valence-electron chi connectivity index (χ2n) is 6.62. The summed E-state index contributed by atoms with van der Waals surface area (Å²) >= 11 is 0. The van der Waals surface area contributed by atoms with Gasteiger partial charge < -0.3 is 4.98 Å². The fraction of sp³-hybridized carbons (Fsp3) is 0.130. The molecule has 0 fully saturated rings. The summed E-state index contributed by atoms with van der Waals surface area (Å²) < 4.78 is 13.3. The molecule has 2 aromatic carbocycles. The highest BCUT2D eigenvalue weighted by atomic mass is 19.1. The number of pyridine rings is 1. The number of aromatic nitrogens is 3. The SMILES string of the molecule is Fc1ccc(CC(Cc2cccc(-c3ncc[nH]3)c2)c2ccccn2)cc1. The maximum atomic E-state index is 13.3. The molecule has 4 aromatic rings. The second kappa shape index (κ2) is 7.96. The molecule has 4 rings (SSSR count). The molecule has 134 valence electrons. The van der Waals surface area contributed by atoms with Gasteiger partial charge >= 0.3 is 0 Å². The van der Waals surface area contributed by atoms with E-state index in [2.05, 4.69) is 45.3 Å². The smallest absolute Gasteiger partial charge is 0.137 e. The van der Waals surface area contributed by atoms with Crippen LogP contribution in [0.5, 0.6) is 0 Å². The Hall–Kier alpha value is -3.27. The normalized spacial score (nSPS) is 12.0. The van der Waals surface area contributed by atoms with Gasteiger partial charge in [0.25, 0.3) is 0 Å². The number of imidazole rings is 1. The first kappa shape index (κ1) is 17.2. The fourth-order valence-electron chi connectivity index (χ4n) is 3.36. The summed E-state index contributed by atoms with van der Waals surface area (Å²) in [7, 11) is 0. The number of nitrogens with one attached hydrogen (secondary N) is 1. The molecular formula is C23H20FN3. The molecule has 3 nitrogen and oxygen atoms in total. The van der Waals surface area contributed by atoms with E-state index in [1.807, 2.05) is 36.7 Å². The summed E-state index contributed by atoms with van der Waals surface area (Å²) in [5.74, 6) is 0.868. The maximum Gasteiger partial charge on any atom is 0.137 e. The summed E-state index contributed by atoms with van der Waals surface area (Å²) in [5, 5.41) is 0. The predicted octanol–water partition coefficient (Wildman–Crippen LogP) is 5.18. The second-order valence-corrected chi connectivity index (χ2v) is 6.62. The van der Waals surface area contributed by atoms with Crippen LogP contribution in [0.25, 0.3) is 11.4 Å². The highest BCUT2D eigenvalue weighted by Crippen LogP contribution is 2.26. The molecule has 2 heterocycles. The first-order valence-electron chi connectivity index (χ1n) is 9.02. The Balaban J connectivity index is 1.61. The van der Waals surface area contributed by atoms with E-state index in [4.69, 9.17) is 0 Å². The number of nitrogens with zero attached hydrogens (tertiary/aromatic N) is 2. The molecule has 0 aliphatic heterocycles. The van der Waals surface area contributed by atoms with Crippen molar-refractivity contribution in [1.82, 2.24) is 15.0 Å². The van der Waals surface area contributed by atoms with Crippen LogP contribution < -0.4 is 0 Å². The number of hydrogen-bond acceptors (Lipinski definition) is 2. The highest BCUT2D eigenvalue weighted by Gasteiger charge is 2.15. The van der Waals surface area contributed by atoms with E-state index in [0.717, 1.165) is 35.5 Å². The van der Waals surface area contributed by atoms with Crippen LogP contribution in [0, 0.1) is 5.82 Å². The molecule has 0 radical (unpaired) electrons. The van der Waals surface area contributed by atoms with Crippen LogP contribution in [0.15, 0.2) is 85.3 Å². The molecule has 0 amide bonds. The van der Waals surface area contributed by atoms with Gasteiger partial charge in [0.1, 0.15) is 11.6 Å². The molecule has 0 spiro atoms. The molecule has 0 saturated carbocycles. The third-order valence-corrected chi connectivity index (χ3v) is 4.68. The number of halogens is 1. The van der Waals surface area contributed by atoms with Crippen LogP contribution in [0.1, 0.15) is 22.7 Å². The van der Waals surface area contributed by atoms with Crippen LogP contribution in [-0.2, 0) is 12.8 Å². The van der Waals surface area contributed by atoms with Gasteiger partial charge in [-0.25, -0.2) is 9.37 Å². The van der Waals surface area contributed by atoms with Gasteiger partial charge in [-0.05, 0) is 54.3 Å². The van der Waals surface area contributed by atoms with Crippen molar-refractivity contribution in [3.8, 4) is 11.4 Å². The fourth-order valence-corrected chi connectivity index (χ4v) is 3.36. The van der Waals surface area contributed by atoms with E-state index in [0.29, 0.717) is 0 Å². The molecular weight excluding hydrogens is 337 g/mol. The minimum Gasteiger partial charge on any atom is -0.345 e. The van der Waals surface area contributed by atoms with Crippen LogP contribution in [0.3, 0.4) is 0 Å². The average Bonchev–Trinajstić information content (AvgIpc) is 3.25. The Morgan fingerprint density at radius 1 is 0.815 bits per heavy atom. The third-order valence-electron chi connectivity index (χ3n) is 4.68. The van der Waals surface area contributed by atoms with Gasteiger partial charge in [-0.15, -0.1) is 0 Å². The summed E-state index contributed by atoms with van der Waals surface area (Å²) in [6.45, 7) is 0. The lowest BCUT2D eigenvalue weighted by Gasteiger charge is -2.17. The molecule has 1 unspecified atom stereocenters. The van der Waals surface area contributed by atoms with E-state index in [-0.39, 0.29) is 11.7 Å². The van der Waals surface area contributed by atoms with Gasteiger partial charge in [0.05, 0.1) is 0 Å². The average molecular weight is 357 g/mol. The zero-order chi connectivity index (χ0) is 18.5. The Bertz CT molecular complexity index is 980. The van der Waals surface area contributed by atoms with Crippen molar-refractivity contribution < 1.29 is 4.39 Å². The third kappa shape index (κ3) is 4.29. The molecule has 0 saturated heterocycles. The monoisotopic (exact) mass is 357 g/mol. The van der Waals surface area contributed by atoms with Gasteiger partial charge in [0.2, 0.25) is 0 Å². The largest absolute Gasteiger partial charge is 0.345 e. The van der Waals surface area contributed by atoms with Crippen molar-refractivity contribution >= 4 is 0 Å². The quantitative estimate of drug-likeness (QED) is 0.517. The van der Waals surface area contributed by atoms with Crippen molar-refractivity contribution in [2.75, 3.05) is 0 Å². The van der Waals surface area contributed by atoms with Crippen LogP contribution >= 0.6 is 0 Å². The molecule has 1 N–H and O–H groups in total. The molecule has 0 aliphatic rings. The van der Waals surface area contributed by atoms with Gasteiger partial charge in [0.15, 0.2) is 0 Å². The summed E-state index contributed by atoms with van der Waals surface area (Å²) in [6, 6.07) is 21.1. The Labute approximate surface area is 158 Å². The Morgan fingerprint density at radius 2 is 1.67 bits per heavy atom. The standard InChI is InChI=1S/C23H20FN3/c24-21-9-7-17(8-10-21)14-20(22-6-1-2-11-25-22)16-18-4-3-5-19(15-18)23-26-12-13-27-23/h1-13,15,20H,14,16H2,(H,26,27). The number of rotatable bonds is 6. The topological polar surface area (TPSA) is 41.6 Å². The first-order valence-corrected chi connectivity index (χ1v) is 9.02. The van der Waals surface area contributed by atoms with E-state index in [9.17, 15) is 4.39 Å². The van der Waals surface area contributed by atoms with Gasteiger partial charge in [-0.3, -0.25) is 4.98 Å². The van der Waals surface area contributed by atoms with Crippen LogP contribution in [0.4, 0.5) is 4.39 Å². The van der Waals surface area contributed by atoms with Crippen molar-refractivity contribution in [2.45, 2.75) is 18.8 Å². The molecule has 0 aliphatic carbocycles. The van der Waals surface area contributed by atoms with E-state index in [1.165, 1.54) is 17.7 Å². The predicted molar refractivity (Wildman–Crippen MR) is 105 cm³/mol. The lowest BCUT2D eigenvalue weighted by atomic mass is 9.89. The minimum atomic E-state index is -0.209. The number of H-pyrrole nitrogens is 1. The summed E-state index contributed by atoms with van der Waals surface area (Å²) in [4.78, 5) is 12.1. The van der Waals surface area contributed by atoms with Crippen molar-refractivity contribution in [3.63, 3.8) is 0 Å². The zero-order valence-corrected chi connectivity index (χ0v) is 14.8. The number of aromatic amines is 1. The lowest BCUT2D eigenvalue weighted by Crippen LogP contribution is -2.09. The minimum absolute atomic E-state index is 0.209. The van der Waals surface area contributed by atoms with Crippen LogP contribution in [-0.4, -0.2) is 15.0 Å². The molecule has 27 heavy (non-hydrogen) atoms. The van der Waals surface area contributed by atoms with E-state index >= 15 is 0 Å². The van der Waals surface area contributed by atoms with Gasteiger partial charge in [0, 0.05) is 35.8 Å². The molecule has 0 bridgehead atoms. The molecule has 4 heteroatoms. The van der Waals surface area contributed by atoms with E-state index in [1.54, 1.807) is 6.20 Å². The van der Waals surface area contributed by atoms with Crippen LogP contribution in [0.2, 0.25) is 0 Å². The number of hydrogen-bond donors (Lipinski definition) is 1. The van der Waals surface area contributed by atoms with Crippen molar-refractivity contribution in [1.29, 1.82) is 0 Å². The van der Waals surface area contributed by atoms with E-state index < -0.39 is 0 Å². The summed E-state index contributed by atoms with van der Waals surface area (Å²) in [5.41, 5.74) is 4.44. The van der Waals surface area contributed by atoms with Crippen molar-refractivity contribution in [3.05, 3.63) is 108 Å². The molecule has 1 atom stereocenters. The number of benzene rings is 2. The Morgan fingerprint density at radius 3 is 2.41 bits per heavy atom. The first-order chi connectivity index (χ1) is 13.3. The molecule has 2 aromatic heterocycles. The maximum absolute atomic E-state index is 13.3. The van der Waals surface area contributed by atoms with Gasteiger partial charge in [-0.2, -0.15) is 0 Å². The Kier molecular flexibility index (Phi) is 5.06. The lowest BCUT2D eigenvalue weighted by molar-refractivity contribution is 0.623. The van der Waals surface area contributed by atoms with Crippen molar-refractivity contribution in [2.24, 2.45) is 0 Å². The summed E-state index contributed by atoms with van der Waals surface area (Å²) in [6.07, 6.45) is 7.07.